The van der Waals surface area contributed by atoms with Gasteiger partial charge in [-0.1, -0.05) is 44.2 Å². The topological polar surface area (TPSA) is 50.8 Å². The number of methoxy groups -OCH3 is 1. The molecule has 1 aliphatic rings. The van der Waals surface area contributed by atoms with E-state index < -0.39 is 0 Å². The molecule has 2 aromatic heterocycles. The smallest absolute Gasteiger partial charge is 0.122 e. The summed E-state index contributed by atoms with van der Waals surface area (Å²) in [7, 11) is 1.77. The van der Waals surface area contributed by atoms with Crippen molar-refractivity contribution < 1.29 is 4.74 Å². The average Bonchev–Trinajstić information content (AvgIpc) is 3.17. The van der Waals surface area contributed by atoms with Gasteiger partial charge in [-0.25, -0.2) is 4.98 Å². The second kappa shape index (κ2) is 7.90. The molecule has 1 fully saturated rings. The first-order valence-electron chi connectivity index (χ1n) is 9.76. The number of H-pyrrole nitrogens is 1. The maximum atomic E-state index is 5.69. The molecule has 0 radical (unpaired) electrons. The van der Waals surface area contributed by atoms with E-state index in [2.05, 4.69) is 33.2 Å². The monoisotopic (exact) mass is 349 g/mol. The lowest BCUT2D eigenvalue weighted by molar-refractivity contribution is 0.336. The molecule has 1 N–H and O–H groups in total. The molecule has 4 nitrogen and oxygen atoms in total. The highest BCUT2D eigenvalue weighted by Gasteiger charge is 2.15. The Morgan fingerprint density at radius 1 is 1.12 bits per heavy atom. The predicted molar refractivity (Wildman–Crippen MR) is 105 cm³/mol. The van der Waals surface area contributed by atoms with E-state index in [-0.39, 0.29) is 0 Å². The zero-order valence-corrected chi connectivity index (χ0v) is 15.5. The van der Waals surface area contributed by atoms with Crippen molar-refractivity contribution in [3.63, 3.8) is 0 Å². The molecule has 4 heteroatoms. The van der Waals surface area contributed by atoms with E-state index in [0.29, 0.717) is 0 Å². The van der Waals surface area contributed by atoms with Crippen molar-refractivity contribution in [2.24, 2.45) is 5.92 Å². The Morgan fingerprint density at radius 2 is 2.00 bits per heavy atom. The number of aromatic amines is 1. The number of rotatable bonds is 6. The number of imidazole rings is 1. The lowest BCUT2D eigenvalue weighted by Gasteiger charge is -2.21. The van der Waals surface area contributed by atoms with Crippen LogP contribution in [0.3, 0.4) is 0 Å². The van der Waals surface area contributed by atoms with Gasteiger partial charge in [0, 0.05) is 12.6 Å². The van der Waals surface area contributed by atoms with Gasteiger partial charge in [-0.3, -0.25) is 4.98 Å². The fraction of sp³-hybridized carbons (Fsp3) is 0.455. The van der Waals surface area contributed by atoms with E-state index in [0.717, 1.165) is 41.2 Å². The van der Waals surface area contributed by atoms with Gasteiger partial charge in [0.05, 0.1) is 24.6 Å². The second-order valence-corrected chi connectivity index (χ2v) is 7.42. The molecule has 0 saturated heterocycles. The van der Waals surface area contributed by atoms with Gasteiger partial charge >= 0.3 is 0 Å². The van der Waals surface area contributed by atoms with E-state index >= 15 is 0 Å². The molecule has 26 heavy (non-hydrogen) atoms. The molecule has 1 aliphatic carbocycles. The molecule has 0 bridgehead atoms. The highest BCUT2D eigenvalue weighted by atomic mass is 16.5. The number of pyridine rings is 1. The van der Waals surface area contributed by atoms with Crippen molar-refractivity contribution in [3.05, 3.63) is 53.6 Å². The minimum atomic E-state index is 0.765. The van der Waals surface area contributed by atoms with E-state index in [9.17, 15) is 0 Å². The van der Waals surface area contributed by atoms with Crippen LogP contribution < -0.4 is 4.74 Å². The van der Waals surface area contributed by atoms with Crippen LogP contribution in [-0.4, -0.2) is 22.1 Å². The summed E-state index contributed by atoms with van der Waals surface area (Å²) >= 11 is 0. The molecule has 4 rings (SSSR count). The van der Waals surface area contributed by atoms with E-state index in [1.165, 1.54) is 49.7 Å². The molecular formula is C22H27N3O. The Morgan fingerprint density at radius 3 is 2.85 bits per heavy atom. The normalized spacial score (nSPS) is 15.4. The number of hydrogen-bond donors (Lipinski definition) is 1. The maximum absolute atomic E-state index is 5.69. The summed E-state index contributed by atoms with van der Waals surface area (Å²) in [6.07, 6.45) is 13.8. The van der Waals surface area contributed by atoms with Crippen LogP contribution >= 0.6 is 0 Å². The molecule has 1 aromatic carbocycles. The largest absolute Gasteiger partial charge is 0.496 e. The first-order chi connectivity index (χ1) is 12.8. The van der Waals surface area contributed by atoms with E-state index in [1.54, 1.807) is 13.4 Å². The van der Waals surface area contributed by atoms with Crippen LogP contribution in [0.4, 0.5) is 0 Å². The maximum Gasteiger partial charge on any atom is 0.122 e. The van der Waals surface area contributed by atoms with Gasteiger partial charge in [-0.15, -0.1) is 0 Å². The zero-order valence-electron chi connectivity index (χ0n) is 15.5. The van der Waals surface area contributed by atoms with Crippen LogP contribution in [0.1, 0.15) is 55.3 Å². The van der Waals surface area contributed by atoms with Crippen LogP contribution in [0, 0.1) is 5.92 Å². The molecular weight excluding hydrogens is 322 g/mol. The van der Waals surface area contributed by atoms with Crippen molar-refractivity contribution in [3.8, 4) is 5.75 Å². The van der Waals surface area contributed by atoms with Gasteiger partial charge in [0.2, 0.25) is 0 Å². The molecule has 3 aromatic rings. The Labute approximate surface area is 155 Å². The van der Waals surface area contributed by atoms with Gasteiger partial charge in [0.1, 0.15) is 11.3 Å². The van der Waals surface area contributed by atoms with Gasteiger partial charge in [0.15, 0.2) is 0 Å². The first-order valence-corrected chi connectivity index (χ1v) is 9.76. The van der Waals surface area contributed by atoms with Crippen LogP contribution in [0.5, 0.6) is 5.75 Å². The van der Waals surface area contributed by atoms with Crippen LogP contribution in [0.2, 0.25) is 0 Å². The fourth-order valence-electron chi connectivity index (χ4n) is 4.19. The summed E-state index contributed by atoms with van der Waals surface area (Å²) in [5.41, 5.74) is 5.53. The van der Waals surface area contributed by atoms with Crippen molar-refractivity contribution in [2.45, 2.75) is 51.4 Å². The number of fused-ring (bicyclic) bond motifs is 1. The van der Waals surface area contributed by atoms with Crippen molar-refractivity contribution in [1.82, 2.24) is 15.0 Å². The van der Waals surface area contributed by atoms with Gasteiger partial charge < -0.3 is 9.72 Å². The summed E-state index contributed by atoms with van der Waals surface area (Å²) in [6, 6.07) is 8.58. The molecule has 136 valence electrons. The molecule has 0 amide bonds. The second-order valence-electron chi connectivity index (χ2n) is 7.42. The molecule has 0 aliphatic heterocycles. The van der Waals surface area contributed by atoms with Crippen molar-refractivity contribution in [1.29, 1.82) is 0 Å². The summed E-state index contributed by atoms with van der Waals surface area (Å²) in [5.74, 6) is 1.90. The Bertz CT molecular complexity index is 865. The third-order valence-electron chi connectivity index (χ3n) is 5.68. The number of hydrogen-bond acceptors (Lipinski definition) is 3. The van der Waals surface area contributed by atoms with Gasteiger partial charge in [-0.2, -0.15) is 0 Å². The third-order valence-corrected chi connectivity index (χ3v) is 5.68. The number of aromatic nitrogens is 3. The summed E-state index contributed by atoms with van der Waals surface area (Å²) in [5, 5.41) is 0. The molecule has 0 unspecified atom stereocenters. The van der Waals surface area contributed by atoms with Crippen molar-refractivity contribution >= 4 is 11.0 Å². The van der Waals surface area contributed by atoms with E-state index in [4.69, 9.17) is 4.74 Å². The average molecular weight is 349 g/mol. The molecule has 2 heterocycles. The highest BCUT2D eigenvalue weighted by Crippen LogP contribution is 2.30. The van der Waals surface area contributed by atoms with Crippen LogP contribution in [0.15, 0.2) is 36.8 Å². The SMILES string of the molecule is COc1cc(Cc2nccc3[nH]cnc23)ccc1CCC1CCCCC1. The Kier molecular flexibility index (Phi) is 5.19. The molecule has 0 atom stereocenters. The number of ether oxygens (including phenoxy) is 1. The lowest BCUT2D eigenvalue weighted by atomic mass is 9.85. The number of nitrogens with one attached hydrogen (secondary N) is 1. The summed E-state index contributed by atoms with van der Waals surface area (Å²) < 4.78 is 5.69. The standard InChI is InChI=1S/C22H27N3O/c1-26-21-14-17(13-20-22-19(11-12-23-20)24-15-25-22)8-10-18(21)9-7-16-5-3-2-4-6-16/h8,10-12,14-16H,2-7,9,13H2,1H3,(H,24,25). The Balaban J connectivity index is 1.48. The van der Waals surface area contributed by atoms with Crippen LogP contribution in [-0.2, 0) is 12.8 Å². The predicted octanol–water partition coefficient (Wildman–Crippen LogP) is 5.07. The first kappa shape index (κ1) is 17.1. The number of aryl methyl sites for hydroxylation is 1. The van der Waals surface area contributed by atoms with Crippen LogP contribution in [0.25, 0.3) is 11.0 Å². The zero-order chi connectivity index (χ0) is 17.8. The molecule has 1 saturated carbocycles. The summed E-state index contributed by atoms with van der Waals surface area (Å²) in [4.78, 5) is 12.1. The minimum absolute atomic E-state index is 0.765. The van der Waals surface area contributed by atoms with Gasteiger partial charge in [0.25, 0.3) is 0 Å². The third kappa shape index (κ3) is 3.74. The Hall–Kier alpha value is -2.36. The quantitative estimate of drug-likeness (QED) is 0.676. The summed E-state index contributed by atoms with van der Waals surface area (Å²) in [6.45, 7) is 0. The number of nitrogens with zero attached hydrogens (tertiary/aromatic N) is 2. The highest BCUT2D eigenvalue weighted by molar-refractivity contribution is 5.76. The fourth-order valence-corrected chi connectivity index (χ4v) is 4.19. The van der Waals surface area contributed by atoms with Gasteiger partial charge in [-0.05, 0) is 42.0 Å². The lowest BCUT2D eigenvalue weighted by Crippen LogP contribution is -2.07. The minimum Gasteiger partial charge on any atom is -0.496 e. The van der Waals surface area contributed by atoms with Crippen molar-refractivity contribution in [2.75, 3.05) is 7.11 Å². The number of benzene rings is 1. The van der Waals surface area contributed by atoms with E-state index in [1.807, 2.05) is 12.3 Å². The molecule has 0 spiro atoms.